The number of benzene rings is 1. The van der Waals surface area contributed by atoms with Crippen molar-refractivity contribution in [1.29, 1.82) is 0 Å². The molecular weight excluding hydrogens is 574 g/mol. The van der Waals surface area contributed by atoms with Crippen LogP contribution in [0.25, 0.3) is 11.2 Å². The van der Waals surface area contributed by atoms with Crippen LogP contribution in [-0.2, 0) is 9.59 Å². The van der Waals surface area contributed by atoms with Crippen molar-refractivity contribution >= 4 is 40.4 Å². The zero-order valence-electron chi connectivity index (χ0n) is 27.0. The van der Waals surface area contributed by atoms with E-state index in [2.05, 4.69) is 79.9 Å². The van der Waals surface area contributed by atoms with Crippen molar-refractivity contribution in [3.8, 4) is 0 Å². The van der Waals surface area contributed by atoms with Crippen molar-refractivity contribution in [3.63, 3.8) is 0 Å². The van der Waals surface area contributed by atoms with Gasteiger partial charge in [-0.1, -0.05) is 39.0 Å². The van der Waals surface area contributed by atoms with Gasteiger partial charge in [0.15, 0.2) is 5.65 Å². The molecule has 44 heavy (non-hydrogen) atoms. The normalized spacial score (nSPS) is 19.8. The van der Waals surface area contributed by atoms with Gasteiger partial charge in [0.2, 0.25) is 11.8 Å². The highest BCUT2D eigenvalue weighted by Crippen LogP contribution is 2.47. The quantitative estimate of drug-likeness (QED) is 0.353. The zero-order chi connectivity index (χ0) is 31.6. The van der Waals surface area contributed by atoms with E-state index in [-0.39, 0.29) is 42.2 Å². The van der Waals surface area contributed by atoms with Crippen LogP contribution in [0.2, 0.25) is 0 Å². The van der Waals surface area contributed by atoms with Crippen LogP contribution in [0.15, 0.2) is 47.4 Å². The summed E-state index contributed by atoms with van der Waals surface area (Å²) in [6.07, 6.45) is 4.11. The third-order valence-corrected chi connectivity index (χ3v) is 10.2. The summed E-state index contributed by atoms with van der Waals surface area (Å²) >= 11 is 1.62. The third-order valence-electron chi connectivity index (χ3n) is 8.77. The average Bonchev–Trinajstić information content (AvgIpc) is 3.49. The fourth-order valence-electron chi connectivity index (χ4n) is 6.14. The van der Waals surface area contributed by atoms with Gasteiger partial charge < -0.3 is 19.6 Å². The summed E-state index contributed by atoms with van der Waals surface area (Å²) in [4.78, 5) is 55.7. The minimum atomic E-state index is -0.423. The molecule has 4 heterocycles. The molecule has 10 nitrogen and oxygen atoms in total. The van der Waals surface area contributed by atoms with E-state index in [0.717, 1.165) is 36.3 Å². The number of fused-ring (bicyclic) bond motifs is 1. The minimum absolute atomic E-state index is 0. The van der Waals surface area contributed by atoms with E-state index in [1.807, 2.05) is 28.0 Å². The fraction of sp³-hybridized carbons (Fsp3) is 0.576. The number of hydrogen-bond acceptors (Lipinski definition) is 7. The predicted molar refractivity (Wildman–Crippen MR) is 180 cm³/mol. The van der Waals surface area contributed by atoms with Crippen molar-refractivity contribution in [1.82, 2.24) is 29.2 Å². The lowest BCUT2D eigenvalue weighted by molar-refractivity contribution is -0.136. The number of likely N-dealkylation sites (tertiary alicyclic amines) is 1. The number of aromatic amines is 1. The van der Waals surface area contributed by atoms with Gasteiger partial charge in [-0.3, -0.25) is 19.1 Å². The number of nitrogens with zero attached hydrogens (tertiary/aromatic N) is 6. The Morgan fingerprint density at radius 3 is 2.50 bits per heavy atom. The number of aromatic nitrogens is 3. The number of pyridine rings is 1. The Bertz CT molecular complexity index is 1530. The van der Waals surface area contributed by atoms with E-state index in [1.165, 1.54) is 0 Å². The van der Waals surface area contributed by atoms with E-state index in [1.54, 1.807) is 22.5 Å². The highest BCUT2D eigenvalue weighted by Gasteiger charge is 2.43. The van der Waals surface area contributed by atoms with Crippen molar-refractivity contribution < 1.29 is 11.0 Å². The molecule has 11 heteroatoms. The number of amides is 2. The lowest BCUT2D eigenvalue weighted by Gasteiger charge is -2.33. The Morgan fingerprint density at radius 2 is 1.80 bits per heavy atom. The summed E-state index contributed by atoms with van der Waals surface area (Å²) in [6.45, 7) is 10.2. The molecule has 2 aliphatic heterocycles. The van der Waals surface area contributed by atoms with E-state index < -0.39 is 5.25 Å². The number of piperidine rings is 1. The zero-order valence-corrected chi connectivity index (χ0v) is 27.8. The lowest BCUT2D eigenvalue weighted by Crippen LogP contribution is -2.42. The SMILES string of the molecule is CN(C)CCN(C)c1ccccc1C1SC(CC(=O)N2CCC(n3c(=O)[nH]c4ncccc43)CC2)C(=O)N1CCC(C)(C)C.[HH]. The van der Waals surface area contributed by atoms with E-state index in [9.17, 15) is 14.4 Å². The molecule has 2 saturated heterocycles. The largest absolute Gasteiger partial charge is 0.373 e. The van der Waals surface area contributed by atoms with Crippen molar-refractivity contribution in [2.24, 2.45) is 5.41 Å². The van der Waals surface area contributed by atoms with Crippen molar-refractivity contribution in [2.45, 2.75) is 63.1 Å². The highest BCUT2D eigenvalue weighted by molar-refractivity contribution is 8.01. The molecule has 2 aromatic heterocycles. The van der Waals surface area contributed by atoms with E-state index in [0.29, 0.717) is 38.1 Å². The molecular formula is C33H49N7O3S. The maximum absolute atomic E-state index is 14.0. The van der Waals surface area contributed by atoms with Crippen LogP contribution in [0.5, 0.6) is 0 Å². The highest BCUT2D eigenvalue weighted by atomic mass is 32.2. The summed E-state index contributed by atoms with van der Waals surface area (Å²) in [7, 11) is 6.25. The van der Waals surface area contributed by atoms with Crippen LogP contribution in [0.4, 0.5) is 5.69 Å². The van der Waals surface area contributed by atoms with Gasteiger partial charge in [-0.25, -0.2) is 9.78 Å². The van der Waals surface area contributed by atoms with Gasteiger partial charge in [-0.05, 0) is 57.0 Å². The molecule has 1 aromatic carbocycles. The van der Waals surface area contributed by atoms with E-state index in [4.69, 9.17) is 0 Å². The van der Waals surface area contributed by atoms with Crippen LogP contribution in [0.1, 0.15) is 64.9 Å². The van der Waals surface area contributed by atoms with Crippen LogP contribution < -0.4 is 10.6 Å². The van der Waals surface area contributed by atoms with Crippen LogP contribution in [0, 0.1) is 5.41 Å². The first-order valence-corrected chi connectivity index (χ1v) is 16.6. The number of nitrogens with one attached hydrogen (secondary N) is 1. The van der Waals surface area contributed by atoms with Gasteiger partial charge in [0.1, 0.15) is 5.37 Å². The molecule has 5 rings (SSSR count). The Kier molecular flexibility index (Phi) is 9.74. The summed E-state index contributed by atoms with van der Waals surface area (Å²) < 4.78 is 1.78. The number of thioether (sulfide) groups is 1. The number of hydrogen-bond donors (Lipinski definition) is 1. The second-order valence-corrected chi connectivity index (χ2v) is 14.9. The van der Waals surface area contributed by atoms with Crippen molar-refractivity contribution in [2.75, 3.05) is 58.8 Å². The van der Waals surface area contributed by atoms with Gasteiger partial charge >= 0.3 is 5.69 Å². The molecule has 0 aliphatic carbocycles. The third kappa shape index (κ3) is 7.15. The van der Waals surface area contributed by atoms with Gasteiger partial charge in [0.25, 0.3) is 0 Å². The monoisotopic (exact) mass is 623 g/mol. The number of rotatable bonds is 10. The Balaban J connectivity index is 0.00000461. The number of carbonyl (C=O) groups is 2. The lowest BCUT2D eigenvalue weighted by atomic mass is 9.92. The molecule has 240 valence electrons. The fourth-order valence-corrected chi connectivity index (χ4v) is 7.65. The van der Waals surface area contributed by atoms with Crippen LogP contribution >= 0.6 is 11.8 Å². The molecule has 2 aliphatic rings. The number of anilines is 1. The van der Waals surface area contributed by atoms with Crippen LogP contribution in [-0.4, -0.2) is 100 Å². The molecule has 2 fully saturated rings. The number of imidazole rings is 1. The molecule has 3 aromatic rings. The van der Waals surface area contributed by atoms with Gasteiger partial charge in [0.05, 0.1) is 10.8 Å². The maximum atomic E-state index is 14.0. The Labute approximate surface area is 266 Å². The number of carbonyl (C=O) groups excluding carboxylic acids is 2. The number of H-pyrrole nitrogens is 1. The second kappa shape index (κ2) is 13.4. The topological polar surface area (TPSA) is 97.8 Å². The molecule has 2 unspecified atom stereocenters. The first-order valence-electron chi connectivity index (χ1n) is 15.7. The molecule has 0 spiro atoms. The van der Waals surface area contributed by atoms with Gasteiger partial charge in [-0.2, -0.15) is 0 Å². The Morgan fingerprint density at radius 1 is 1.07 bits per heavy atom. The summed E-state index contributed by atoms with van der Waals surface area (Å²) in [5.41, 5.74) is 3.55. The molecule has 0 bridgehead atoms. The first kappa shape index (κ1) is 32.1. The summed E-state index contributed by atoms with van der Waals surface area (Å²) in [6, 6.07) is 12.1. The molecule has 1 N–H and O–H groups in total. The smallest absolute Gasteiger partial charge is 0.327 e. The van der Waals surface area contributed by atoms with Crippen molar-refractivity contribution in [3.05, 3.63) is 58.6 Å². The number of para-hydroxylation sites is 1. The van der Waals surface area contributed by atoms with Crippen LogP contribution in [0.3, 0.4) is 0 Å². The molecule has 0 saturated carbocycles. The molecule has 0 radical (unpaired) electrons. The minimum Gasteiger partial charge on any atom is -0.373 e. The number of likely N-dealkylation sites (N-methyl/N-ethyl adjacent to an activating group) is 2. The molecule has 2 atom stereocenters. The summed E-state index contributed by atoms with van der Waals surface area (Å²) in [5, 5.41) is -0.568. The van der Waals surface area contributed by atoms with Gasteiger partial charge in [-0.15, -0.1) is 11.8 Å². The predicted octanol–water partition coefficient (Wildman–Crippen LogP) is 4.60. The standard InChI is InChI=1S/C33H47N7O3S.H2/c1-33(2,3)15-19-39-30(42)27(44-31(39)24-10-7-8-11-25(24)37(6)21-20-36(4)5)22-28(41)38-17-13-23(14-18-38)40-26-12-9-16-34-29(26)35-32(40)43;/h7-12,16,23,27,31H,13-15,17-22H2,1-6H3,(H,34,35,43);1H. The van der Waals surface area contributed by atoms with Gasteiger partial charge in [0, 0.05) is 71.1 Å². The van der Waals surface area contributed by atoms with E-state index >= 15 is 0 Å². The second-order valence-electron chi connectivity index (χ2n) is 13.6. The average molecular weight is 624 g/mol. The first-order chi connectivity index (χ1) is 20.9. The maximum Gasteiger partial charge on any atom is 0.327 e. The Hall–Kier alpha value is -3.31. The molecule has 2 amide bonds. The summed E-state index contributed by atoms with van der Waals surface area (Å²) in [5.74, 6) is 0.0612.